The summed E-state index contributed by atoms with van der Waals surface area (Å²) in [6.07, 6.45) is 4.28. The van der Waals surface area contributed by atoms with Gasteiger partial charge in [-0.05, 0) is 58.2 Å². The number of rotatable bonds is 12. The van der Waals surface area contributed by atoms with Crippen molar-refractivity contribution in [2.45, 2.75) is 58.4 Å². The number of ether oxygens (including phenoxy) is 2. The summed E-state index contributed by atoms with van der Waals surface area (Å²) in [6, 6.07) is 10.5. The molecular weight excluding hydrogens is 427 g/mol. The number of pyridine rings is 1. The highest BCUT2D eigenvalue weighted by Crippen LogP contribution is 2.30. The fourth-order valence-electron chi connectivity index (χ4n) is 3.30. The van der Waals surface area contributed by atoms with E-state index in [-0.39, 0.29) is 17.9 Å². The topological polar surface area (TPSA) is 68.7 Å². The van der Waals surface area contributed by atoms with Crippen LogP contribution < -0.4 is 4.74 Å². The minimum Gasteiger partial charge on any atom is -0.493 e. The zero-order valence-electron chi connectivity index (χ0n) is 18.9. The molecule has 2 aromatic rings. The number of hydrogen-bond donors (Lipinski definition) is 0. The maximum absolute atomic E-state index is 13.1. The molecular formula is C24H30BClN2O4. The second kappa shape index (κ2) is 13.1. The van der Waals surface area contributed by atoms with Gasteiger partial charge in [0.1, 0.15) is 18.7 Å². The first-order chi connectivity index (χ1) is 15.3. The van der Waals surface area contributed by atoms with Crippen molar-refractivity contribution in [2.24, 2.45) is 0 Å². The molecule has 1 atom stereocenters. The first-order valence-corrected chi connectivity index (χ1v) is 11.3. The normalized spacial score (nSPS) is 11.8. The van der Waals surface area contributed by atoms with Crippen LogP contribution in [0.25, 0.3) is 0 Å². The Labute approximate surface area is 196 Å². The van der Waals surface area contributed by atoms with Crippen LogP contribution in [-0.2, 0) is 9.53 Å². The van der Waals surface area contributed by atoms with Crippen LogP contribution in [0.3, 0.4) is 0 Å². The lowest BCUT2D eigenvalue weighted by atomic mass is 9.85. The maximum atomic E-state index is 13.1. The van der Waals surface area contributed by atoms with Crippen LogP contribution >= 0.6 is 11.6 Å². The van der Waals surface area contributed by atoms with Gasteiger partial charge in [0.2, 0.25) is 0 Å². The van der Waals surface area contributed by atoms with Crippen LogP contribution in [0.5, 0.6) is 5.75 Å². The van der Waals surface area contributed by atoms with E-state index < -0.39 is 5.94 Å². The molecule has 0 N–H and O–H groups in total. The van der Waals surface area contributed by atoms with Crippen molar-refractivity contribution in [1.82, 2.24) is 9.88 Å². The van der Waals surface area contributed by atoms with Crippen LogP contribution in [0.15, 0.2) is 42.6 Å². The SMILES string of the molecule is [B]C(c1ccccc1OCCCCCC(=O)OCC)N(C(=O)c1ccc(Cl)nc1)C(C)C. The Bertz CT molecular complexity index is 877. The molecule has 0 aliphatic heterocycles. The molecule has 2 radical (unpaired) electrons. The lowest BCUT2D eigenvalue weighted by molar-refractivity contribution is -0.143. The number of esters is 1. The molecule has 1 heterocycles. The molecule has 6 nitrogen and oxygen atoms in total. The predicted molar refractivity (Wildman–Crippen MR) is 126 cm³/mol. The third kappa shape index (κ3) is 7.55. The summed E-state index contributed by atoms with van der Waals surface area (Å²) in [7, 11) is 6.55. The standard InChI is InChI=1S/C24H30BClN2O4/c1-4-31-22(29)12-6-5-9-15-32-20-11-8-7-10-19(20)23(25)28(17(2)3)24(30)18-13-14-21(26)27-16-18/h7-8,10-11,13-14,16-17,23H,4-6,9,12,15H2,1-3H3. The molecule has 1 amide bonds. The van der Waals surface area contributed by atoms with Gasteiger partial charge in [-0.2, -0.15) is 0 Å². The minimum absolute atomic E-state index is 0.149. The van der Waals surface area contributed by atoms with Gasteiger partial charge in [-0.25, -0.2) is 4.98 Å². The molecule has 0 fully saturated rings. The van der Waals surface area contributed by atoms with Crippen LogP contribution in [0, 0.1) is 0 Å². The van der Waals surface area contributed by atoms with Crippen LogP contribution in [-0.4, -0.2) is 48.9 Å². The van der Waals surface area contributed by atoms with Gasteiger partial charge in [-0.1, -0.05) is 29.8 Å². The molecule has 1 unspecified atom stereocenters. The first kappa shape index (κ1) is 25.7. The number of nitrogens with zero attached hydrogens (tertiary/aromatic N) is 2. The molecule has 170 valence electrons. The highest BCUT2D eigenvalue weighted by Gasteiger charge is 2.27. The van der Waals surface area contributed by atoms with Crippen molar-refractivity contribution in [1.29, 1.82) is 0 Å². The number of carbonyl (C=O) groups excluding carboxylic acids is 2. The van der Waals surface area contributed by atoms with E-state index in [1.54, 1.807) is 24.0 Å². The van der Waals surface area contributed by atoms with Gasteiger partial charge < -0.3 is 14.4 Å². The molecule has 0 spiro atoms. The fourth-order valence-corrected chi connectivity index (χ4v) is 3.41. The molecule has 1 aromatic carbocycles. The van der Waals surface area contributed by atoms with E-state index in [1.807, 2.05) is 38.1 Å². The zero-order chi connectivity index (χ0) is 23.5. The van der Waals surface area contributed by atoms with Gasteiger partial charge in [-0.3, -0.25) is 9.59 Å². The molecule has 2 rings (SSSR count). The summed E-state index contributed by atoms with van der Waals surface area (Å²) in [4.78, 5) is 30.1. The maximum Gasteiger partial charge on any atom is 0.305 e. The van der Waals surface area contributed by atoms with Crippen LogP contribution in [0.1, 0.15) is 68.3 Å². The number of carbonyl (C=O) groups is 2. The van der Waals surface area contributed by atoms with Crippen LogP contribution in [0.4, 0.5) is 0 Å². The number of aromatic nitrogens is 1. The van der Waals surface area contributed by atoms with E-state index in [2.05, 4.69) is 4.98 Å². The molecule has 0 aliphatic carbocycles. The molecule has 8 heteroatoms. The summed E-state index contributed by atoms with van der Waals surface area (Å²) in [6.45, 7) is 6.52. The molecule has 0 saturated carbocycles. The van der Waals surface area contributed by atoms with Crippen molar-refractivity contribution in [3.05, 3.63) is 58.9 Å². The van der Waals surface area contributed by atoms with Gasteiger partial charge in [0.15, 0.2) is 0 Å². The Balaban J connectivity index is 2.02. The summed E-state index contributed by atoms with van der Waals surface area (Å²) in [5.74, 6) is -0.458. The van der Waals surface area contributed by atoms with Gasteiger partial charge in [0.05, 0.1) is 18.8 Å². The van der Waals surface area contributed by atoms with Gasteiger partial charge in [-0.15, -0.1) is 0 Å². The smallest absolute Gasteiger partial charge is 0.305 e. The quantitative estimate of drug-likeness (QED) is 0.195. The highest BCUT2D eigenvalue weighted by molar-refractivity contribution is 6.29. The molecule has 0 saturated heterocycles. The van der Waals surface area contributed by atoms with E-state index in [0.717, 1.165) is 24.8 Å². The van der Waals surface area contributed by atoms with E-state index >= 15 is 0 Å². The average molecular weight is 457 g/mol. The van der Waals surface area contributed by atoms with Crippen molar-refractivity contribution in [3.8, 4) is 5.75 Å². The Kier molecular flexibility index (Phi) is 10.5. The number of halogens is 1. The van der Waals surface area contributed by atoms with Gasteiger partial charge >= 0.3 is 5.97 Å². The lowest BCUT2D eigenvalue weighted by Crippen LogP contribution is -2.40. The summed E-state index contributed by atoms with van der Waals surface area (Å²) >= 11 is 5.85. The third-order valence-electron chi connectivity index (χ3n) is 4.89. The van der Waals surface area contributed by atoms with E-state index in [0.29, 0.717) is 36.1 Å². The average Bonchev–Trinajstić information content (AvgIpc) is 2.76. The number of unbranched alkanes of at least 4 members (excludes halogenated alkanes) is 2. The number of hydrogen-bond acceptors (Lipinski definition) is 5. The Morgan fingerprint density at radius 1 is 1.12 bits per heavy atom. The Morgan fingerprint density at radius 3 is 2.53 bits per heavy atom. The van der Waals surface area contributed by atoms with E-state index in [1.165, 1.54) is 6.20 Å². The van der Waals surface area contributed by atoms with Crippen molar-refractivity contribution < 1.29 is 19.1 Å². The summed E-state index contributed by atoms with van der Waals surface area (Å²) < 4.78 is 10.9. The Hall–Kier alpha value is -2.54. The third-order valence-corrected chi connectivity index (χ3v) is 5.11. The molecule has 0 aliphatic rings. The summed E-state index contributed by atoms with van der Waals surface area (Å²) in [5, 5.41) is 0.322. The fraction of sp³-hybridized carbons (Fsp3) is 0.458. The Morgan fingerprint density at radius 2 is 1.88 bits per heavy atom. The van der Waals surface area contributed by atoms with Gasteiger partial charge in [0.25, 0.3) is 5.91 Å². The number of benzene rings is 1. The largest absolute Gasteiger partial charge is 0.493 e. The van der Waals surface area contributed by atoms with Crippen LogP contribution in [0.2, 0.25) is 5.15 Å². The monoisotopic (exact) mass is 456 g/mol. The zero-order valence-corrected chi connectivity index (χ0v) is 19.7. The second-order valence-corrected chi connectivity index (χ2v) is 8.01. The van der Waals surface area contributed by atoms with Crippen molar-refractivity contribution in [2.75, 3.05) is 13.2 Å². The minimum atomic E-state index is -0.696. The first-order valence-electron chi connectivity index (χ1n) is 10.9. The lowest BCUT2D eigenvalue weighted by Gasteiger charge is -2.34. The summed E-state index contributed by atoms with van der Waals surface area (Å²) in [5.41, 5.74) is 1.14. The number of amides is 1. The predicted octanol–water partition coefficient (Wildman–Crippen LogP) is 4.96. The van der Waals surface area contributed by atoms with E-state index in [4.69, 9.17) is 28.9 Å². The number of para-hydroxylation sites is 1. The molecule has 1 aromatic heterocycles. The molecule has 0 bridgehead atoms. The van der Waals surface area contributed by atoms with Crippen molar-refractivity contribution in [3.63, 3.8) is 0 Å². The van der Waals surface area contributed by atoms with Crippen molar-refractivity contribution >= 4 is 31.3 Å². The second-order valence-electron chi connectivity index (χ2n) is 7.62. The highest BCUT2D eigenvalue weighted by atomic mass is 35.5. The van der Waals surface area contributed by atoms with E-state index in [9.17, 15) is 9.59 Å². The van der Waals surface area contributed by atoms with Gasteiger partial charge in [0, 0.05) is 30.2 Å². The molecule has 32 heavy (non-hydrogen) atoms.